The van der Waals surface area contributed by atoms with Gasteiger partial charge in [0.2, 0.25) is 0 Å². The standard InChI is InChI=1S/C25H19NO/c1-2-6-18(7-3-1)17-27-23-13-12-19-14-22(11-10-20(19)15-23)25-16-21-8-4-5-9-24(21)26-25/h1-15H,16-17H2. The summed E-state index contributed by atoms with van der Waals surface area (Å²) in [6, 6.07) is 31.4. The number of para-hydroxylation sites is 1. The van der Waals surface area contributed by atoms with E-state index in [0.717, 1.165) is 23.6 Å². The zero-order valence-electron chi connectivity index (χ0n) is 14.9. The summed E-state index contributed by atoms with van der Waals surface area (Å²) in [6.07, 6.45) is 0.903. The van der Waals surface area contributed by atoms with Crippen LogP contribution in [-0.2, 0) is 13.0 Å². The third kappa shape index (κ3) is 3.22. The van der Waals surface area contributed by atoms with Crippen LogP contribution in [0.5, 0.6) is 5.75 Å². The maximum absolute atomic E-state index is 5.95. The highest BCUT2D eigenvalue weighted by atomic mass is 16.5. The Bertz CT molecular complexity index is 1150. The summed E-state index contributed by atoms with van der Waals surface area (Å²) in [7, 11) is 0. The Balaban J connectivity index is 1.38. The van der Waals surface area contributed by atoms with Gasteiger partial charge in [0.25, 0.3) is 0 Å². The van der Waals surface area contributed by atoms with Gasteiger partial charge in [0.05, 0.1) is 11.4 Å². The monoisotopic (exact) mass is 349 g/mol. The number of rotatable bonds is 4. The summed E-state index contributed by atoms with van der Waals surface area (Å²) < 4.78 is 5.95. The maximum atomic E-state index is 5.95. The Kier molecular flexibility index (Phi) is 3.95. The molecule has 0 amide bonds. The normalized spacial score (nSPS) is 12.7. The SMILES string of the molecule is c1ccc(COc2ccc3cc(C4=Nc5ccccc5C4)ccc3c2)cc1. The zero-order valence-corrected chi connectivity index (χ0v) is 14.9. The van der Waals surface area contributed by atoms with Crippen molar-refractivity contribution >= 4 is 22.2 Å². The van der Waals surface area contributed by atoms with Gasteiger partial charge in [0.1, 0.15) is 12.4 Å². The van der Waals surface area contributed by atoms with Crippen LogP contribution >= 0.6 is 0 Å². The van der Waals surface area contributed by atoms with Gasteiger partial charge in [0, 0.05) is 6.42 Å². The molecule has 0 aliphatic carbocycles. The lowest BCUT2D eigenvalue weighted by atomic mass is 10.0. The molecule has 2 nitrogen and oxygen atoms in total. The number of fused-ring (bicyclic) bond motifs is 2. The summed E-state index contributed by atoms with van der Waals surface area (Å²) >= 11 is 0. The molecule has 4 aromatic carbocycles. The topological polar surface area (TPSA) is 21.6 Å². The van der Waals surface area contributed by atoms with Crippen LogP contribution in [0.3, 0.4) is 0 Å². The van der Waals surface area contributed by atoms with Gasteiger partial charge in [-0.25, -0.2) is 0 Å². The summed E-state index contributed by atoms with van der Waals surface area (Å²) in [5.41, 5.74) is 5.90. The second-order valence-electron chi connectivity index (χ2n) is 6.86. The highest BCUT2D eigenvalue weighted by molar-refractivity contribution is 6.08. The Morgan fingerprint density at radius 3 is 2.41 bits per heavy atom. The van der Waals surface area contributed by atoms with E-state index in [1.807, 2.05) is 30.3 Å². The molecule has 0 N–H and O–H groups in total. The summed E-state index contributed by atoms with van der Waals surface area (Å²) in [6.45, 7) is 0.583. The van der Waals surface area contributed by atoms with Crippen LogP contribution in [0, 0.1) is 0 Å². The average molecular weight is 349 g/mol. The van der Waals surface area contributed by atoms with Crippen LogP contribution in [0.25, 0.3) is 10.8 Å². The molecule has 0 spiro atoms. The molecule has 1 aliphatic heterocycles. The van der Waals surface area contributed by atoms with Gasteiger partial charge in [-0.05, 0) is 51.7 Å². The quantitative estimate of drug-likeness (QED) is 0.436. The molecule has 27 heavy (non-hydrogen) atoms. The van der Waals surface area contributed by atoms with Crippen molar-refractivity contribution in [1.82, 2.24) is 0 Å². The Labute approximate surface area is 158 Å². The van der Waals surface area contributed by atoms with E-state index in [2.05, 4.69) is 60.7 Å². The van der Waals surface area contributed by atoms with Crippen molar-refractivity contribution in [3.63, 3.8) is 0 Å². The molecule has 1 heterocycles. The summed E-state index contributed by atoms with van der Waals surface area (Å²) in [5.74, 6) is 0.893. The van der Waals surface area contributed by atoms with Crippen molar-refractivity contribution in [3.05, 3.63) is 108 Å². The fourth-order valence-corrected chi connectivity index (χ4v) is 3.54. The first-order valence-corrected chi connectivity index (χ1v) is 9.21. The number of hydrogen-bond acceptors (Lipinski definition) is 2. The molecule has 0 saturated heterocycles. The van der Waals surface area contributed by atoms with Crippen molar-refractivity contribution in [2.45, 2.75) is 13.0 Å². The molecule has 0 fully saturated rings. The maximum Gasteiger partial charge on any atom is 0.120 e. The number of aliphatic imine (C=N–C) groups is 1. The molecule has 0 bridgehead atoms. The molecule has 0 unspecified atom stereocenters. The Hall–Kier alpha value is -3.39. The Morgan fingerprint density at radius 2 is 1.52 bits per heavy atom. The van der Waals surface area contributed by atoms with E-state index in [4.69, 9.17) is 9.73 Å². The van der Waals surface area contributed by atoms with Crippen LogP contribution < -0.4 is 4.74 Å². The first-order valence-electron chi connectivity index (χ1n) is 9.21. The number of benzene rings is 4. The molecule has 0 atom stereocenters. The lowest BCUT2D eigenvalue weighted by Crippen LogP contribution is -2.00. The van der Waals surface area contributed by atoms with Crippen LogP contribution in [0.1, 0.15) is 16.7 Å². The fourth-order valence-electron chi connectivity index (χ4n) is 3.54. The second-order valence-corrected chi connectivity index (χ2v) is 6.86. The number of hydrogen-bond donors (Lipinski definition) is 0. The average Bonchev–Trinajstić information content (AvgIpc) is 3.17. The smallest absolute Gasteiger partial charge is 0.120 e. The molecule has 130 valence electrons. The van der Waals surface area contributed by atoms with E-state index in [0.29, 0.717) is 6.61 Å². The van der Waals surface area contributed by atoms with Crippen LogP contribution in [-0.4, -0.2) is 5.71 Å². The van der Waals surface area contributed by atoms with Crippen molar-refractivity contribution < 1.29 is 4.74 Å². The molecule has 0 radical (unpaired) electrons. The van der Waals surface area contributed by atoms with Crippen LogP contribution in [0.2, 0.25) is 0 Å². The Morgan fingerprint density at radius 1 is 0.741 bits per heavy atom. The van der Waals surface area contributed by atoms with E-state index in [-0.39, 0.29) is 0 Å². The predicted molar refractivity (Wildman–Crippen MR) is 111 cm³/mol. The molecule has 2 heteroatoms. The first-order chi connectivity index (χ1) is 13.3. The minimum Gasteiger partial charge on any atom is -0.489 e. The highest BCUT2D eigenvalue weighted by Crippen LogP contribution is 2.30. The van der Waals surface area contributed by atoms with Gasteiger partial charge >= 0.3 is 0 Å². The molecule has 0 saturated carbocycles. The van der Waals surface area contributed by atoms with E-state index in [1.165, 1.54) is 27.5 Å². The highest BCUT2D eigenvalue weighted by Gasteiger charge is 2.15. The molecule has 4 aromatic rings. The fraction of sp³-hybridized carbons (Fsp3) is 0.0800. The first kappa shape index (κ1) is 15.8. The van der Waals surface area contributed by atoms with Gasteiger partial charge < -0.3 is 4.74 Å². The van der Waals surface area contributed by atoms with Crippen molar-refractivity contribution in [2.24, 2.45) is 4.99 Å². The summed E-state index contributed by atoms with van der Waals surface area (Å²) in [4.78, 5) is 4.80. The molecule has 5 rings (SSSR count). The summed E-state index contributed by atoms with van der Waals surface area (Å²) in [5, 5.41) is 2.39. The lowest BCUT2D eigenvalue weighted by molar-refractivity contribution is 0.306. The van der Waals surface area contributed by atoms with Gasteiger partial charge in [0.15, 0.2) is 0 Å². The third-order valence-electron chi connectivity index (χ3n) is 5.00. The number of ether oxygens (including phenoxy) is 1. The minimum absolute atomic E-state index is 0.583. The van der Waals surface area contributed by atoms with Gasteiger partial charge in [-0.1, -0.05) is 66.7 Å². The van der Waals surface area contributed by atoms with Gasteiger partial charge in [-0.15, -0.1) is 0 Å². The molecule has 1 aliphatic rings. The van der Waals surface area contributed by atoms with Crippen molar-refractivity contribution in [2.75, 3.05) is 0 Å². The van der Waals surface area contributed by atoms with E-state index in [1.54, 1.807) is 0 Å². The van der Waals surface area contributed by atoms with Crippen molar-refractivity contribution in [3.8, 4) is 5.75 Å². The molecule has 0 aromatic heterocycles. The van der Waals surface area contributed by atoms with Crippen molar-refractivity contribution in [1.29, 1.82) is 0 Å². The van der Waals surface area contributed by atoms with Crippen LogP contribution in [0.4, 0.5) is 5.69 Å². The molecular weight excluding hydrogens is 330 g/mol. The van der Waals surface area contributed by atoms with E-state index in [9.17, 15) is 0 Å². The third-order valence-corrected chi connectivity index (χ3v) is 5.00. The predicted octanol–water partition coefficient (Wildman–Crippen LogP) is 6.10. The molecular formula is C25H19NO. The van der Waals surface area contributed by atoms with Crippen LogP contribution in [0.15, 0.2) is 96.0 Å². The lowest BCUT2D eigenvalue weighted by Gasteiger charge is -2.09. The van der Waals surface area contributed by atoms with E-state index >= 15 is 0 Å². The largest absolute Gasteiger partial charge is 0.489 e. The van der Waals surface area contributed by atoms with Gasteiger partial charge in [-0.3, -0.25) is 4.99 Å². The van der Waals surface area contributed by atoms with E-state index < -0.39 is 0 Å². The zero-order chi connectivity index (χ0) is 18.1. The second kappa shape index (κ2) is 6.73. The minimum atomic E-state index is 0.583. The number of nitrogens with zero attached hydrogens (tertiary/aromatic N) is 1. The van der Waals surface area contributed by atoms with Gasteiger partial charge in [-0.2, -0.15) is 0 Å².